The molecule has 160 valence electrons. The lowest BCUT2D eigenvalue weighted by molar-refractivity contribution is -0.137. The lowest BCUT2D eigenvalue weighted by Gasteiger charge is -2.32. The van der Waals surface area contributed by atoms with E-state index >= 15 is 0 Å². The van der Waals surface area contributed by atoms with Crippen LogP contribution in [0.2, 0.25) is 0 Å². The molecule has 1 aromatic carbocycles. The Morgan fingerprint density at radius 1 is 1.26 bits per heavy atom. The molecule has 0 spiro atoms. The van der Waals surface area contributed by atoms with Crippen LogP contribution >= 0.6 is 0 Å². The number of amides is 2. The van der Waals surface area contributed by atoms with Gasteiger partial charge in [0.05, 0.1) is 43.6 Å². The van der Waals surface area contributed by atoms with E-state index in [1.54, 1.807) is 17.2 Å². The van der Waals surface area contributed by atoms with E-state index in [9.17, 15) is 9.59 Å². The summed E-state index contributed by atoms with van der Waals surface area (Å²) in [4.78, 5) is 36.3. The van der Waals surface area contributed by atoms with Crippen molar-refractivity contribution in [3.8, 4) is 5.88 Å². The molecule has 1 unspecified atom stereocenters. The number of benzene rings is 1. The second-order valence-corrected chi connectivity index (χ2v) is 7.32. The van der Waals surface area contributed by atoms with Gasteiger partial charge in [-0.05, 0) is 24.6 Å². The molecule has 0 bridgehead atoms. The number of aryl methyl sites for hydroxylation is 1. The van der Waals surface area contributed by atoms with Crippen LogP contribution in [0.25, 0.3) is 10.9 Å². The maximum absolute atomic E-state index is 13.3. The van der Waals surface area contributed by atoms with Gasteiger partial charge in [0, 0.05) is 24.2 Å². The van der Waals surface area contributed by atoms with E-state index in [4.69, 9.17) is 9.47 Å². The van der Waals surface area contributed by atoms with Crippen molar-refractivity contribution in [1.29, 1.82) is 0 Å². The van der Waals surface area contributed by atoms with Gasteiger partial charge in [0.2, 0.25) is 5.88 Å². The average Bonchev–Trinajstić information content (AvgIpc) is 2.82. The molecule has 1 fully saturated rings. The number of morpholine rings is 1. The van der Waals surface area contributed by atoms with Crippen molar-refractivity contribution < 1.29 is 19.1 Å². The number of nitrogens with zero attached hydrogens (tertiary/aromatic N) is 3. The SMILES string of the molecule is COc1cc(C(=O)N2CCOC(C(=O)NCc3ncccc3C)C2)c2ccccc2n1. The van der Waals surface area contributed by atoms with Crippen LogP contribution in [0.4, 0.5) is 0 Å². The zero-order valence-electron chi connectivity index (χ0n) is 17.5. The minimum Gasteiger partial charge on any atom is -0.481 e. The second-order valence-electron chi connectivity index (χ2n) is 7.32. The standard InChI is InChI=1S/C23H24N4O4/c1-15-6-5-9-24-19(15)13-25-22(28)20-14-27(10-11-31-20)23(29)17-12-21(30-2)26-18-8-4-3-7-16(17)18/h3-9,12,20H,10-11,13-14H2,1-2H3,(H,25,28). The predicted octanol–water partition coefficient (Wildman–Crippen LogP) is 2.10. The molecule has 3 aromatic rings. The van der Waals surface area contributed by atoms with E-state index < -0.39 is 6.10 Å². The minimum absolute atomic E-state index is 0.171. The largest absolute Gasteiger partial charge is 0.481 e. The summed E-state index contributed by atoms with van der Waals surface area (Å²) in [6.07, 6.45) is 0.955. The number of methoxy groups -OCH3 is 1. The van der Waals surface area contributed by atoms with Crippen molar-refractivity contribution in [3.05, 3.63) is 65.5 Å². The van der Waals surface area contributed by atoms with Gasteiger partial charge in [-0.2, -0.15) is 0 Å². The molecule has 1 atom stereocenters. The first kappa shape index (κ1) is 20.7. The number of hydrogen-bond acceptors (Lipinski definition) is 6. The smallest absolute Gasteiger partial charge is 0.254 e. The Hall–Kier alpha value is -3.52. The summed E-state index contributed by atoms with van der Waals surface area (Å²) in [6, 6.07) is 12.9. The van der Waals surface area contributed by atoms with Gasteiger partial charge in [-0.25, -0.2) is 4.98 Å². The Morgan fingerprint density at radius 2 is 2.10 bits per heavy atom. The Bertz CT molecular complexity index is 1120. The van der Waals surface area contributed by atoms with E-state index in [-0.39, 0.29) is 25.0 Å². The fraction of sp³-hybridized carbons (Fsp3) is 0.304. The summed E-state index contributed by atoms with van der Waals surface area (Å²) in [5.74, 6) is -0.0753. The van der Waals surface area contributed by atoms with E-state index in [0.717, 1.165) is 16.6 Å². The molecule has 0 radical (unpaired) electrons. The van der Waals surface area contributed by atoms with Gasteiger partial charge >= 0.3 is 0 Å². The molecule has 2 amide bonds. The summed E-state index contributed by atoms with van der Waals surface area (Å²) in [7, 11) is 1.52. The number of carbonyl (C=O) groups is 2. The monoisotopic (exact) mass is 420 g/mol. The molecule has 1 saturated heterocycles. The number of rotatable bonds is 5. The number of carbonyl (C=O) groups excluding carboxylic acids is 2. The number of para-hydroxylation sites is 1. The van der Waals surface area contributed by atoms with Crippen LogP contribution < -0.4 is 10.1 Å². The summed E-state index contributed by atoms with van der Waals surface area (Å²) >= 11 is 0. The fourth-order valence-electron chi connectivity index (χ4n) is 3.58. The molecule has 31 heavy (non-hydrogen) atoms. The molecular weight excluding hydrogens is 396 g/mol. The van der Waals surface area contributed by atoms with E-state index in [0.29, 0.717) is 30.0 Å². The van der Waals surface area contributed by atoms with Crippen molar-refractivity contribution in [1.82, 2.24) is 20.2 Å². The molecule has 1 aliphatic heterocycles. The number of hydrogen-bond donors (Lipinski definition) is 1. The molecule has 1 N–H and O–H groups in total. The molecule has 0 aliphatic carbocycles. The van der Waals surface area contributed by atoms with Crippen molar-refractivity contribution in [2.45, 2.75) is 19.6 Å². The second kappa shape index (κ2) is 9.09. The number of nitrogens with one attached hydrogen (secondary N) is 1. The van der Waals surface area contributed by atoms with Crippen molar-refractivity contribution in [2.24, 2.45) is 0 Å². The molecule has 1 aliphatic rings. The molecule has 0 saturated carbocycles. The summed E-state index contributed by atoms with van der Waals surface area (Å²) in [6.45, 7) is 3.11. The lowest BCUT2D eigenvalue weighted by Crippen LogP contribution is -2.51. The number of pyridine rings is 2. The Balaban J connectivity index is 1.48. The van der Waals surface area contributed by atoms with Gasteiger partial charge in [-0.1, -0.05) is 24.3 Å². The first-order valence-electron chi connectivity index (χ1n) is 10.1. The number of fused-ring (bicyclic) bond motifs is 1. The molecule has 3 heterocycles. The third-order valence-corrected chi connectivity index (χ3v) is 5.33. The van der Waals surface area contributed by atoms with Crippen LogP contribution in [0.5, 0.6) is 5.88 Å². The molecule has 8 nitrogen and oxygen atoms in total. The Kier molecular flexibility index (Phi) is 6.08. The highest BCUT2D eigenvalue weighted by molar-refractivity contribution is 6.06. The maximum Gasteiger partial charge on any atom is 0.254 e. The van der Waals surface area contributed by atoms with Gasteiger partial charge in [0.15, 0.2) is 6.10 Å². The Morgan fingerprint density at radius 3 is 2.90 bits per heavy atom. The number of ether oxygens (including phenoxy) is 2. The van der Waals surface area contributed by atoms with Gasteiger partial charge in [-0.3, -0.25) is 14.6 Å². The van der Waals surface area contributed by atoms with E-state index in [1.165, 1.54) is 7.11 Å². The third-order valence-electron chi connectivity index (χ3n) is 5.33. The molecule has 8 heteroatoms. The Labute approximate surface area is 180 Å². The number of aromatic nitrogens is 2. The average molecular weight is 420 g/mol. The van der Waals surface area contributed by atoms with Crippen molar-refractivity contribution in [3.63, 3.8) is 0 Å². The zero-order valence-corrected chi connectivity index (χ0v) is 17.5. The van der Waals surface area contributed by atoms with Crippen LogP contribution in [0, 0.1) is 6.92 Å². The zero-order chi connectivity index (χ0) is 21.8. The van der Waals surface area contributed by atoms with Crippen LogP contribution in [-0.4, -0.2) is 59.6 Å². The molecule has 2 aromatic heterocycles. The quantitative estimate of drug-likeness (QED) is 0.680. The summed E-state index contributed by atoms with van der Waals surface area (Å²) in [5, 5.41) is 3.60. The first-order chi connectivity index (χ1) is 15.1. The van der Waals surface area contributed by atoms with E-state index in [1.807, 2.05) is 43.3 Å². The maximum atomic E-state index is 13.3. The normalized spacial score (nSPS) is 16.2. The van der Waals surface area contributed by atoms with Gasteiger partial charge in [0.25, 0.3) is 11.8 Å². The fourth-order valence-corrected chi connectivity index (χ4v) is 3.58. The summed E-state index contributed by atoms with van der Waals surface area (Å²) < 4.78 is 10.9. The van der Waals surface area contributed by atoms with Crippen LogP contribution in [-0.2, 0) is 16.1 Å². The third kappa shape index (κ3) is 4.49. The topological polar surface area (TPSA) is 93.6 Å². The van der Waals surface area contributed by atoms with Crippen molar-refractivity contribution >= 4 is 22.7 Å². The highest BCUT2D eigenvalue weighted by atomic mass is 16.5. The lowest BCUT2D eigenvalue weighted by atomic mass is 10.1. The van der Waals surface area contributed by atoms with E-state index in [2.05, 4.69) is 15.3 Å². The highest BCUT2D eigenvalue weighted by Gasteiger charge is 2.30. The van der Waals surface area contributed by atoms with Crippen LogP contribution in [0.3, 0.4) is 0 Å². The highest BCUT2D eigenvalue weighted by Crippen LogP contribution is 2.24. The molecule has 4 rings (SSSR count). The first-order valence-corrected chi connectivity index (χ1v) is 10.1. The van der Waals surface area contributed by atoms with Crippen molar-refractivity contribution in [2.75, 3.05) is 26.8 Å². The molecular formula is C23H24N4O4. The van der Waals surface area contributed by atoms with Gasteiger partial charge in [0.1, 0.15) is 0 Å². The minimum atomic E-state index is -0.739. The van der Waals surface area contributed by atoms with Crippen LogP contribution in [0.1, 0.15) is 21.6 Å². The predicted molar refractivity (Wildman–Crippen MR) is 115 cm³/mol. The van der Waals surface area contributed by atoms with Gasteiger partial charge < -0.3 is 19.7 Å². The van der Waals surface area contributed by atoms with Gasteiger partial charge in [-0.15, -0.1) is 0 Å². The van der Waals surface area contributed by atoms with Crippen LogP contribution in [0.15, 0.2) is 48.7 Å². The summed E-state index contributed by atoms with van der Waals surface area (Å²) in [5.41, 5.74) is 2.98.